The molecule has 1 aromatic heterocycles. The van der Waals surface area contributed by atoms with Gasteiger partial charge in [0.05, 0.1) is 0 Å². The third kappa shape index (κ3) is 1.57. The molecule has 5 fully saturated rings. The molecule has 4 heterocycles. The largest absolute Gasteiger partial charge is 0.426 e. The Morgan fingerprint density at radius 3 is 2.14 bits per heavy atom. The smallest absolute Gasteiger partial charge is 0.284 e. The van der Waals surface area contributed by atoms with Gasteiger partial charge in [-0.25, -0.2) is 0 Å². The van der Waals surface area contributed by atoms with E-state index in [-0.39, 0.29) is 6.28 Å². The highest BCUT2D eigenvalue weighted by Gasteiger charge is 2.66. The van der Waals surface area contributed by atoms with Gasteiger partial charge in [0.1, 0.15) is 12.4 Å². The molecule has 4 atom stereocenters. The van der Waals surface area contributed by atoms with Crippen LogP contribution in [0.1, 0.15) is 51.4 Å². The average molecular weight is 281 g/mol. The van der Waals surface area contributed by atoms with Crippen LogP contribution in [0, 0.1) is 17.8 Å². The molecule has 0 radical (unpaired) electrons. The Kier molecular flexibility index (Phi) is 2.65. The van der Waals surface area contributed by atoms with Crippen molar-refractivity contribution < 1.29 is 4.48 Å². The zero-order chi connectivity index (χ0) is 13.9. The third-order valence-corrected chi connectivity index (χ3v) is 8.33. The van der Waals surface area contributed by atoms with Crippen LogP contribution < -0.4 is 4.48 Å². The second-order valence-corrected chi connectivity index (χ2v) is 8.92. The van der Waals surface area contributed by atoms with Gasteiger partial charge >= 0.3 is 0 Å². The van der Waals surface area contributed by atoms with E-state index in [1.165, 1.54) is 19.3 Å². The predicted octanol–water partition coefficient (Wildman–Crippen LogP) is 4.53. The average Bonchev–Trinajstić information content (AvgIpc) is 2.54. The molecule has 3 aliphatic heterocycles. The van der Waals surface area contributed by atoms with E-state index in [1.54, 1.807) is 44.7 Å². The van der Waals surface area contributed by atoms with E-state index >= 15 is 0 Å². The van der Waals surface area contributed by atoms with Crippen molar-refractivity contribution in [2.45, 2.75) is 69.3 Å². The lowest BCUT2D eigenvalue weighted by molar-refractivity contribution is -0.556. The number of aromatic nitrogens is 1. The lowest BCUT2D eigenvalue weighted by Gasteiger charge is -2.69. The fourth-order valence-electron chi connectivity index (χ4n) is 7.96. The molecule has 3 saturated heterocycles. The van der Waals surface area contributed by atoms with Crippen molar-refractivity contribution in [3.05, 3.63) is 30.6 Å². The molecule has 1 spiro atoms. The van der Waals surface area contributed by atoms with E-state index in [2.05, 4.69) is 35.1 Å². The van der Waals surface area contributed by atoms with E-state index < -0.39 is 0 Å². The molecule has 4 bridgehead atoms. The zero-order valence-electron chi connectivity index (χ0n) is 13.2. The first-order valence-corrected chi connectivity index (χ1v) is 9.47. The lowest BCUT2D eigenvalue weighted by atomic mass is 9.07. The van der Waals surface area contributed by atoms with Gasteiger partial charge in [0.25, 0.3) is 6.28 Å². The maximum absolute atomic E-state index is 2.75. The molecule has 1 aromatic rings. The first-order chi connectivity index (χ1) is 10.3. The van der Waals surface area contributed by atoms with E-state index in [0.717, 1.165) is 17.8 Å². The first kappa shape index (κ1) is 12.7. The van der Waals surface area contributed by atoms with Gasteiger partial charge in [-0.3, -0.25) is 0 Å². The lowest BCUT2D eigenvalue weighted by Crippen LogP contribution is -2.78. The minimum atomic E-state index is -0.348. The normalized spacial score (nSPS) is 43.3. The zero-order valence-corrected chi connectivity index (χ0v) is 13.2. The molecular weight excluding hydrogens is 253 g/mol. The van der Waals surface area contributed by atoms with Crippen molar-refractivity contribution >= 4 is 6.28 Å². The predicted molar refractivity (Wildman–Crippen MR) is 87.5 cm³/mol. The van der Waals surface area contributed by atoms with Gasteiger partial charge in [-0.2, -0.15) is 0 Å². The summed E-state index contributed by atoms with van der Waals surface area (Å²) in [6.07, 6.45) is 19.9. The Hall–Kier alpha value is -0.785. The molecule has 112 valence electrons. The fourth-order valence-corrected chi connectivity index (χ4v) is 7.96. The van der Waals surface area contributed by atoms with Crippen LogP contribution in [0.2, 0.25) is 18.0 Å². The molecular formula is C19H28BN. The van der Waals surface area contributed by atoms with Gasteiger partial charge in [-0.1, -0.05) is 80.5 Å². The van der Waals surface area contributed by atoms with Gasteiger partial charge in [-0.15, -0.1) is 12.6 Å². The second-order valence-electron chi connectivity index (χ2n) is 8.92. The van der Waals surface area contributed by atoms with Gasteiger partial charge in [0, 0.05) is 0 Å². The number of hydrogen-bond donors (Lipinski definition) is 0. The highest BCUT2D eigenvalue weighted by Crippen LogP contribution is 2.70. The molecule has 0 aromatic carbocycles. The van der Waals surface area contributed by atoms with Crippen LogP contribution >= 0.6 is 0 Å². The molecule has 2 heteroatoms. The standard InChI is InChI=1S/C19H28BN/c1-3-7-19(8-4-1)18-12-16-11-17(13-18)15-20(19,14-16)21-9-5-2-6-10-21/h2,5-6,9-10,16-18H,1,3-4,7-8,11-15H2/t16-,17+,18?,20?. The molecule has 1 nitrogen and oxygen atoms in total. The van der Waals surface area contributed by atoms with Crippen LogP contribution in [-0.2, 0) is 0 Å². The van der Waals surface area contributed by atoms with Crippen LogP contribution in [-0.4, -0.2) is 6.28 Å². The summed E-state index contributed by atoms with van der Waals surface area (Å²) >= 11 is 0. The Balaban J connectivity index is 1.68. The summed E-state index contributed by atoms with van der Waals surface area (Å²) < 4.78 is 2.75. The number of rotatable bonds is 1. The number of hydrogen-bond acceptors (Lipinski definition) is 0. The molecule has 21 heavy (non-hydrogen) atoms. The topological polar surface area (TPSA) is 3.88 Å². The minimum absolute atomic E-state index is 0.348. The molecule has 0 amide bonds. The van der Waals surface area contributed by atoms with Crippen LogP contribution in [0.3, 0.4) is 0 Å². The monoisotopic (exact) mass is 281 g/mol. The summed E-state index contributed by atoms with van der Waals surface area (Å²) in [5, 5.41) is 0.706. The quantitative estimate of drug-likeness (QED) is 0.666. The molecule has 2 saturated carbocycles. The highest BCUT2D eigenvalue weighted by atomic mass is 14.9. The molecule has 2 unspecified atom stereocenters. The third-order valence-electron chi connectivity index (χ3n) is 8.33. The van der Waals surface area contributed by atoms with E-state index in [4.69, 9.17) is 0 Å². The maximum Gasteiger partial charge on any atom is 0.284 e. The van der Waals surface area contributed by atoms with Crippen LogP contribution in [0.5, 0.6) is 0 Å². The van der Waals surface area contributed by atoms with E-state index in [1.807, 2.05) is 0 Å². The fraction of sp³-hybridized carbons (Fsp3) is 0.737. The Morgan fingerprint density at radius 2 is 1.48 bits per heavy atom. The number of nitrogens with zero attached hydrogens (tertiary/aromatic N) is 1. The minimum Gasteiger partial charge on any atom is -0.426 e. The van der Waals surface area contributed by atoms with Crippen molar-refractivity contribution in [1.29, 1.82) is 0 Å². The van der Waals surface area contributed by atoms with E-state index in [9.17, 15) is 0 Å². The summed E-state index contributed by atoms with van der Waals surface area (Å²) in [7, 11) is 0. The van der Waals surface area contributed by atoms with Crippen LogP contribution in [0.15, 0.2) is 30.6 Å². The summed E-state index contributed by atoms with van der Waals surface area (Å²) in [4.78, 5) is 0. The number of pyridine rings is 1. The summed E-state index contributed by atoms with van der Waals surface area (Å²) in [6, 6.07) is 6.74. The Morgan fingerprint density at radius 1 is 0.810 bits per heavy atom. The Bertz CT molecular complexity index is 520. The van der Waals surface area contributed by atoms with Crippen molar-refractivity contribution in [3.8, 4) is 0 Å². The second kappa shape index (κ2) is 4.37. The van der Waals surface area contributed by atoms with E-state index in [0.29, 0.717) is 5.31 Å². The summed E-state index contributed by atoms with van der Waals surface area (Å²) in [5.41, 5.74) is 0. The molecule has 2 aliphatic carbocycles. The van der Waals surface area contributed by atoms with Crippen LogP contribution in [0.4, 0.5) is 0 Å². The summed E-state index contributed by atoms with van der Waals surface area (Å²) in [6.45, 7) is 0. The van der Waals surface area contributed by atoms with Gasteiger partial charge in [0.15, 0.2) is 0 Å². The maximum atomic E-state index is 2.75. The van der Waals surface area contributed by atoms with Gasteiger partial charge in [0.2, 0.25) is 0 Å². The van der Waals surface area contributed by atoms with Gasteiger partial charge in [-0.05, 0) is 12.1 Å². The Labute approximate surface area is 129 Å². The van der Waals surface area contributed by atoms with Crippen molar-refractivity contribution in [2.75, 3.05) is 0 Å². The van der Waals surface area contributed by atoms with Crippen molar-refractivity contribution in [1.82, 2.24) is 0 Å². The highest BCUT2D eigenvalue weighted by molar-refractivity contribution is 6.75. The molecule has 5 aliphatic rings. The van der Waals surface area contributed by atoms with Crippen LogP contribution in [0.25, 0.3) is 0 Å². The molecule has 0 N–H and O–H groups in total. The summed E-state index contributed by atoms with van der Waals surface area (Å²) in [5.74, 6) is 3.18. The van der Waals surface area contributed by atoms with Crippen molar-refractivity contribution in [2.24, 2.45) is 17.8 Å². The van der Waals surface area contributed by atoms with Crippen molar-refractivity contribution in [3.63, 3.8) is 0 Å². The molecule has 6 rings (SSSR count). The first-order valence-electron chi connectivity index (χ1n) is 9.47. The SMILES string of the molecule is c1cc[n+]([B-]23C[C@@H]4CC(C[C@@H](C4)C2)C32CCCCC2)cc1. The van der Waals surface area contributed by atoms with Gasteiger partial charge < -0.3 is 4.48 Å².